The number of nitrogens with zero attached hydrogens (tertiary/aromatic N) is 2. The Labute approximate surface area is 167 Å². The molecule has 0 aromatic carbocycles. The van der Waals surface area contributed by atoms with E-state index in [9.17, 15) is 9.59 Å². The molecule has 0 unspecified atom stereocenters. The van der Waals surface area contributed by atoms with E-state index in [2.05, 4.69) is 4.98 Å². The Hall–Kier alpha value is -1.34. The van der Waals surface area contributed by atoms with Gasteiger partial charge in [0.15, 0.2) is 0 Å². The Kier molecular flexibility index (Phi) is 6.18. The molecule has 0 saturated carbocycles. The van der Waals surface area contributed by atoms with Gasteiger partial charge in [-0.25, -0.2) is 4.98 Å². The molecule has 3 heterocycles. The van der Waals surface area contributed by atoms with Crippen LogP contribution in [-0.4, -0.2) is 39.6 Å². The van der Waals surface area contributed by atoms with Crippen molar-refractivity contribution in [2.24, 2.45) is 0 Å². The van der Waals surface area contributed by atoms with Crippen LogP contribution in [0, 0.1) is 0 Å². The SMILES string of the molecule is O=C(CCSCc1nc2sc3c(c2c(=O)[nH]1)CCCC3)N1CCCCCC1. The van der Waals surface area contributed by atoms with Crippen molar-refractivity contribution in [3.05, 3.63) is 26.6 Å². The van der Waals surface area contributed by atoms with E-state index >= 15 is 0 Å². The third kappa shape index (κ3) is 4.40. The molecule has 2 aromatic heterocycles. The maximum absolute atomic E-state index is 12.6. The molecule has 146 valence electrons. The number of aromatic amines is 1. The first kappa shape index (κ1) is 19.0. The topological polar surface area (TPSA) is 66.1 Å². The number of aryl methyl sites for hydroxylation is 2. The molecule has 7 heteroatoms. The van der Waals surface area contributed by atoms with Gasteiger partial charge in [-0.1, -0.05) is 12.8 Å². The number of aromatic nitrogens is 2. The fraction of sp³-hybridized carbons (Fsp3) is 0.650. The molecule has 1 aliphatic carbocycles. The number of likely N-dealkylation sites (tertiary alicyclic amines) is 1. The normalized spacial score (nSPS) is 17.7. The summed E-state index contributed by atoms with van der Waals surface area (Å²) in [7, 11) is 0. The highest BCUT2D eigenvalue weighted by molar-refractivity contribution is 7.98. The van der Waals surface area contributed by atoms with Crippen LogP contribution < -0.4 is 5.56 Å². The highest BCUT2D eigenvalue weighted by atomic mass is 32.2. The van der Waals surface area contributed by atoms with Crippen LogP contribution in [0.25, 0.3) is 10.2 Å². The second kappa shape index (κ2) is 8.78. The standard InChI is InChI=1S/C20H27N3O2S2/c24-17(23-10-5-1-2-6-11-23)9-12-26-13-16-21-19(25)18-14-7-3-4-8-15(14)27-20(18)22-16/h1-13H2,(H,21,22,25). The average molecular weight is 406 g/mol. The van der Waals surface area contributed by atoms with Crippen LogP contribution in [0.3, 0.4) is 0 Å². The third-order valence-corrected chi connectivity index (χ3v) is 7.69. The van der Waals surface area contributed by atoms with Gasteiger partial charge in [-0.05, 0) is 44.1 Å². The van der Waals surface area contributed by atoms with Gasteiger partial charge in [0.25, 0.3) is 5.56 Å². The van der Waals surface area contributed by atoms with Crippen LogP contribution in [0.15, 0.2) is 4.79 Å². The first-order valence-corrected chi connectivity index (χ1v) is 12.1. The number of carbonyl (C=O) groups is 1. The number of carbonyl (C=O) groups excluding carboxylic acids is 1. The molecular formula is C20H27N3O2S2. The van der Waals surface area contributed by atoms with Gasteiger partial charge in [-0.2, -0.15) is 11.8 Å². The molecule has 1 amide bonds. The Morgan fingerprint density at radius 2 is 1.89 bits per heavy atom. The van der Waals surface area contributed by atoms with Crippen LogP contribution in [0.5, 0.6) is 0 Å². The second-order valence-electron chi connectivity index (χ2n) is 7.50. The minimum atomic E-state index is 0.00985. The number of nitrogens with one attached hydrogen (secondary N) is 1. The van der Waals surface area contributed by atoms with E-state index in [1.807, 2.05) is 4.90 Å². The van der Waals surface area contributed by atoms with Crippen molar-refractivity contribution in [2.45, 2.75) is 63.5 Å². The highest BCUT2D eigenvalue weighted by Gasteiger charge is 2.20. The fourth-order valence-corrected chi connectivity index (χ4v) is 6.16. The molecule has 2 aromatic rings. The maximum atomic E-state index is 12.6. The van der Waals surface area contributed by atoms with Crippen molar-refractivity contribution in [1.82, 2.24) is 14.9 Å². The van der Waals surface area contributed by atoms with Crippen molar-refractivity contribution >= 4 is 39.2 Å². The van der Waals surface area contributed by atoms with Gasteiger partial charge in [0, 0.05) is 30.1 Å². The lowest BCUT2D eigenvalue weighted by atomic mass is 9.97. The molecule has 0 radical (unpaired) electrons. The molecule has 4 rings (SSSR count). The second-order valence-corrected chi connectivity index (χ2v) is 9.69. The third-order valence-electron chi connectivity index (χ3n) is 5.53. The summed E-state index contributed by atoms with van der Waals surface area (Å²) in [6.07, 6.45) is 9.80. The number of thiophene rings is 1. The number of hydrogen-bond acceptors (Lipinski definition) is 5. The summed E-state index contributed by atoms with van der Waals surface area (Å²) in [5.41, 5.74) is 1.24. The summed E-state index contributed by atoms with van der Waals surface area (Å²) in [6, 6.07) is 0. The summed E-state index contributed by atoms with van der Waals surface area (Å²) in [5.74, 6) is 2.43. The van der Waals surface area contributed by atoms with Gasteiger partial charge in [0.1, 0.15) is 10.7 Å². The number of H-pyrrole nitrogens is 1. The molecule has 1 saturated heterocycles. The lowest BCUT2D eigenvalue weighted by Crippen LogP contribution is -2.31. The first-order valence-electron chi connectivity index (χ1n) is 10.1. The molecule has 27 heavy (non-hydrogen) atoms. The van der Waals surface area contributed by atoms with E-state index in [1.54, 1.807) is 23.1 Å². The molecule has 5 nitrogen and oxygen atoms in total. The number of amides is 1. The lowest BCUT2D eigenvalue weighted by molar-refractivity contribution is -0.130. The van der Waals surface area contributed by atoms with Gasteiger partial charge >= 0.3 is 0 Å². The van der Waals surface area contributed by atoms with E-state index in [1.165, 1.54) is 36.1 Å². The zero-order valence-corrected chi connectivity index (χ0v) is 17.4. The number of hydrogen-bond donors (Lipinski definition) is 1. The Bertz CT molecular complexity index is 866. The van der Waals surface area contributed by atoms with Crippen molar-refractivity contribution in [1.29, 1.82) is 0 Å². The molecule has 1 N–H and O–H groups in total. The van der Waals surface area contributed by atoms with E-state index in [0.717, 1.165) is 60.6 Å². The highest BCUT2D eigenvalue weighted by Crippen LogP contribution is 2.33. The predicted molar refractivity (Wildman–Crippen MR) is 113 cm³/mol. The monoisotopic (exact) mass is 405 g/mol. The molecular weight excluding hydrogens is 378 g/mol. The van der Waals surface area contributed by atoms with Crippen molar-refractivity contribution < 1.29 is 4.79 Å². The van der Waals surface area contributed by atoms with Gasteiger partial charge < -0.3 is 9.88 Å². The van der Waals surface area contributed by atoms with E-state index in [-0.39, 0.29) is 11.5 Å². The Morgan fingerprint density at radius 3 is 2.70 bits per heavy atom. The van der Waals surface area contributed by atoms with Gasteiger partial charge in [0.05, 0.1) is 11.1 Å². The summed E-state index contributed by atoms with van der Waals surface area (Å²) in [5, 5.41) is 0.819. The molecule has 1 fully saturated rings. The summed E-state index contributed by atoms with van der Waals surface area (Å²) >= 11 is 3.37. The van der Waals surface area contributed by atoms with Crippen LogP contribution >= 0.6 is 23.1 Å². The number of fused-ring (bicyclic) bond motifs is 3. The zero-order valence-electron chi connectivity index (χ0n) is 15.7. The summed E-state index contributed by atoms with van der Waals surface area (Å²) in [6.45, 7) is 1.83. The maximum Gasteiger partial charge on any atom is 0.259 e. The van der Waals surface area contributed by atoms with E-state index in [4.69, 9.17) is 4.98 Å². The quantitative estimate of drug-likeness (QED) is 0.767. The molecule has 0 spiro atoms. The van der Waals surface area contributed by atoms with E-state index in [0.29, 0.717) is 12.2 Å². The van der Waals surface area contributed by atoms with E-state index < -0.39 is 0 Å². The van der Waals surface area contributed by atoms with Gasteiger partial charge in [-0.3, -0.25) is 9.59 Å². The molecule has 0 bridgehead atoms. The lowest BCUT2D eigenvalue weighted by Gasteiger charge is -2.20. The van der Waals surface area contributed by atoms with Gasteiger partial charge in [-0.15, -0.1) is 11.3 Å². The predicted octanol–water partition coefficient (Wildman–Crippen LogP) is 3.89. The van der Waals surface area contributed by atoms with Crippen molar-refractivity contribution in [3.63, 3.8) is 0 Å². The summed E-state index contributed by atoms with van der Waals surface area (Å²) < 4.78 is 0. The first-order chi connectivity index (χ1) is 13.2. The van der Waals surface area contributed by atoms with Crippen molar-refractivity contribution in [3.8, 4) is 0 Å². The number of rotatable bonds is 5. The number of thioether (sulfide) groups is 1. The van der Waals surface area contributed by atoms with Crippen LogP contribution in [-0.2, 0) is 23.4 Å². The Balaban J connectivity index is 1.34. The minimum Gasteiger partial charge on any atom is -0.343 e. The zero-order chi connectivity index (χ0) is 18.6. The largest absolute Gasteiger partial charge is 0.343 e. The van der Waals surface area contributed by atoms with Crippen molar-refractivity contribution in [2.75, 3.05) is 18.8 Å². The van der Waals surface area contributed by atoms with Gasteiger partial charge in [0.2, 0.25) is 5.91 Å². The average Bonchev–Trinajstić information content (AvgIpc) is 2.84. The molecule has 0 atom stereocenters. The van der Waals surface area contributed by atoms with Crippen LogP contribution in [0.4, 0.5) is 0 Å². The molecule has 1 aliphatic heterocycles. The minimum absolute atomic E-state index is 0.00985. The van der Waals surface area contributed by atoms with Crippen LogP contribution in [0.2, 0.25) is 0 Å². The van der Waals surface area contributed by atoms with Crippen LogP contribution in [0.1, 0.15) is 61.2 Å². The smallest absolute Gasteiger partial charge is 0.259 e. The Morgan fingerprint density at radius 1 is 1.11 bits per heavy atom. The fourth-order valence-electron chi connectivity index (χ4n) is 4.08. The molecule has 2 aliphatic rings. The summed E-state index contributed by atoms with van der Waals surface area (Å²) in [4.78, 5) is 36.8.